The Bertz CT molecular complexity index is 646. The molecule has 2 aromatic carbocycles. The maximum Gasteiger partial charge on any atom is 0.306 e. The minimum Gasteiger partial charge on any atom is -0.497 e. The van der Waals surface area contributed by atoms with Gasteiger partial charge in [-0.3, -0.25) is 10.1 Å². The van der Waals surface area contributed by atoms with Gasteiger partial charge in [-0.2, -0.15) is 4.39 Å². The minimum atomic E-state index is -0.856. The Labute approximate surface area is 126 Å². The molecule has 0 aliphatic rings. The predicted octanol–water partition coefficient (Wildman–Crippen LogP) is 3.23. The second kappa shape index (κ2) is 7.26. The number of nitrogens with zero attached hydrogens (tertiary/aromatic N) is 1. The summed E-state index contributed by atoms with van der Waals surface area (Å²) in [5.74, 6) is 0.571. The Morgan fingerprint density at radius 2 is 1.86 bits per heavy atom. The van der Waals surface area contributed by atoms with E-state index in [2.05, 4.69) is 5.32 Å². The highest BCUT2D eigenvalue weighted by molar-refractivity contribution is 5.51. The van der Waals surface area contributed by atoms with Gasteiger partial charge in [0.1, 0.15) is 18.1 Å². The van der Waals surface area contributed by atoms with Gasteiger partial charge >= 0.3 is 5.69 Å². The van der Waals surface area contributed by atoms with Crippen molar-refractivity contribution >= 4 is 11.4 Å². The monoisotopic (exact) mass is 306 g/mol. The third kappa shape index (κ3) is 4.08. The Morgan fingerprint density at radius 1 is 1.18 bits per heavy atom. The zero-order valence-corrected chi connectivity index (χ0v) is 11.9. The van der Waals surface area contributed by atoms with E-state index in [0.29, 0.717) is 24.6 Å². The van der Waals surface area contributed by atoms with Crippen molar-refractivity contribution in [2.24, 2.45) is 0 Å². The Morgan fingerprint density at radius 3 is 2.50 bits per heavy atom. The second-order valence-electron chi connectivity index (χ2n) is 4.37. The van der Waals surface area contributed by atoms with Gasteiger partial charge in [-0.15, -0.1) is 0 Å². The fourth-order valence-corrected chi connectivity index (χ4v) is 1.80. The van der Waals surface area contributed by atoms with Crippen molar-refractivity contribution in [3.8, 4) is 11.5 Å². The standard InChI is InChI=1S/C15H15FN2O4/c1-21-12-3-5-13(6-4-12)22-9-8-17-11-2-7-14(16)15(10-11)18(19)20/h2-7,10,17H,8-9H2,1H3. The van der Waals surface area contributed by atoms with Gasteiger partial charge < -0.3 is 14.8 Å². The van der Waals surface area contributed by atoms with Gasteiger partial charge in [-0.25, -0.2) is 0 Å². The van der Waals surface area contributed by atoms with E-state index in [0.717, 1.165) is 17.9 Å². The summed E-state index contributed by atoms with van der Waals surface area (Å²) in [5.41, 5.74) is -0.0903. The van der Waals surface area contributed by atoms with Crippen molar-refractivity contribution in [2.75, 3.05) is 25.6 Å². The number of nitro benzene ring substituents is 1. The van der Waals surface area contributed by atoms with Crippen LogP contribution < -0.4 is 14.8 Å². The van der Waals surface area contributed by atoms with Crippen LogP contribution in [-0.2, 0) is 0 Å². The molecular weight excluding hydrogens is 291 g/mol. The predicted molar refractivity (Wildman–Crippen MR) is 80.0 cm³/mol. The van der Waals surface area contributed by atoms with Crippen molar-refractivity contribution in [3.63, 3.8) is 0 Å². The van der Waals surface area contributed by atoms with Crippen LogP contribution in [0.5, 0.6) is 11.5 Å². The molecular formula is C15H15FN2O4. The van der Waals surface area contributed by atoms with Gasteiger partial charge in [-0.05, 0) is 36.4 Å². The zero-order chi connectivity index (χ0) is 15.9. The summed E-state index contributed by atoms with van der Waals surface area (Å²) >= 11 is 0. The van der Waals surface area contributed by atoms with Gasteiger partial charge in [0, 0.05) is 18.3 Å². The lowest BCUT2D eigenvalue weighted by Crippen LogP contribution is -2.11. The van der Waals surface area contributed by atoms with Crippen LogP contribution in [0.3, 0.4) is 0 Å². The quantitative estimate of drug-likeness (QED) is 0.483. The number of anilines is 1. The molecule has 0 bridgehead atoms. The SMILES string of the molecule is COc1ccc(OCCNc2ccc(F)c([N+](=O)[O-])c2)cc1. The van der Waals surface area contributed by atoms with Crippen molar-refractivity contribution < 1.29 is 18.8 Å². The molecule has 0 aromatic heterocycles. The first-order valence-corrected chi connectivity index (χ1v) is 6.55. The smallest absolute Gasteiger partial charge is 0.306 e. The number of nitro groups is 1. The van der Waals surface area contributed by atoms with Crippen LogP contribution in [0.15, 0.2) is 42.5 Å². The van der Waals surface area contributed by atoms with Gasteiger partial charge in [-0.1, -0.05) is 0 Å². The van der Waals surface area contributed by atoms with E-state index in [1.165, 1.54) is 6.07 Å². The summed E-state index contributed by atoms with van der Waals surface area (Å²) in [6.45, 7) is 0.784. The van der Waals surface area contributed by atoms with Crippen LogP contribution in [0.1, 0.15) is 0 Å². The van der Waals surface area contributed by atoms with E-state index in [-0.39, 0.29) is 0 Å². The van der Waals surface area contributed by atoms with Crippen LogP contribution in [-0.4, -0.2) is 25.2 Å². The highest BCUT2D eigenvalue weighted by Crippen LogP contribution is 2.21. The molecule has 22 heavy (non-hydrogen) atoms. The molecule has 0 aliphatic carbocycles. The third-order valence-electron chi connectivity index (χ3n) is 2.90. The maximum atomic E-state index is 13.2. The van der Waals surface area contributed by atoms with E-state index in [1.807, 2.05) is 0 Å². The van der Waals surface area contributed by atoms with E-state index < -0.39 is 16.4 Å². The lowest BCUT2D eigenvalue weighted by molar-refractivity contribution is -0.387. The molecule has 6 nitrogen and oxygen atoms in total. The van der Waals surface area contributed by atoms with Gasteiger partial charge in [0.25, 0.3) is 0 Å². The number of hydrogen-bond donors (Lipinski definition) is 1. The van der Waals surface area contributed by atoms with E-state index in [9.17, 15) is 14.5 Å². The first kappa shape index (κ1) is 15.6. The molecule has 7 heteroatoms. The number of methoxy groups -OCH3 is 1. The van der Waals surface area contributed by atoms with Crippen molar-refractivity contribution in [3.05, 3.63) is 58.4 Å². The first-order valence-electron chi connectivity index (χ1n) is 6.55. The largest absolute Gasteiger partial charge is 0.497 e. The molecule has 0 saturated heterocycles. The summed E-state index contributed by atoms with van der Waals surface area (Å²) in [6, 6.07) is 10.8. The van der Waals surface area contributed by atoms with Crippen LogP contribution in [0.25, 0.3) is 0 Å². The maximum absolute atomic E-state index is 13.2. The number of benzene rings is 2. The summed E-state index contributed by atoms with van der Waals surface area (Å²) < 4.78 is 23.7. The van der Waals surface area contributed by atoms with Crippen LogP contribution in [0.4, 0.5) is 15.8 Å². The highest BCUT2D eigenvalue weighted by Gasteiger charge is 2.13. The number of rotatable bonds is 7. The van der Waals surface area contributed by atoms with Crippen LogP contribution in [0.2, 0.25) is 0 Å². The molecule has 116 valence electrons. The average Bonchev–Trinajstić information content (AvgIpc) is 2.53. The van der Waals surface area contributed by atoms with Gasteiger partial charge in [0.2, 0.25) is 5.82 Å². The summed E-state index contributed by atoms with van der Waals surface area (Å²) in [7, 11) is 1.58. The van der Waals surface area contributed by atoms with E-state index in [4.69, 9.17) is 9.47 Å². The molecule has 0 spiro atoms. The number of halogens is 1. The molecule has 0 amide bonds. The normalized spacial score (nSPS) is 10.1. The second-order valence-corrected chi connectivity index (χ2v) is 4.37. The van der Waals surface area contributed by atoms with Gasteiger partial charge in [0.05, 0.1) is 12.0 Å². The topological polar surface area (TPSA) is 73.6 Å². The molecule has 0 radical (unpaired) electrons. The lowest BCUT2D eigenvalue weighted by atomic mass is 10.2. The van der Waals surface area contributed by atoms with Crippen molar-refractivity contribution in [1.29, 1.82) is 0 Å². The number of ether oxygens (including phenoxy) is 2. The summed E-state index contributed by atoms with van der Waals surface area (Å²) in [6.07, 6.45) is 0. The zero-order valence-electron chi connectivity index (χ0n) is 11.9. The molecule has 0 unspecified atom stereocenters. The molecule has 0 atom stereocenters. The van der Waals surface area contributed by atoms with Crippen LogP contribution in [0, 0.1) is 15.9 Å². The first-order chi connectivity index (χ1) is 10.6. The Hall–Kier alpha value is -2.83. The van der Waals surface area contributed by atoms with Crippen molar-refractivity contribution in [1.82, 2.24) is 0 Å². The molecule has 2 rings (SSSR count). The number of hydrogen-bond acceptors (Lipinski definition) is 5. The molecule has 1 N–H and O–H groups in total. The molecule has 0 aliphatic heterocycles. The fraction of sp³-hybridized carbons (Fsp3) is 0.200. The lowest BCUT2D eigenvalue weighted by Gasteiger charge is -2.09. The minimum absolute atomic E-state index is 0.359. The number of nitrogens with one attached hydrogen (secondary N) is 1. The third-order valence-corrected chi connectivity index (χ3v) is 2.90. The summed E-state index contributed by atoms with van der Waals surface area (Å²) in [5, 5.41) is 13.6. The molecule has 0 fully saturated rings. The Balaban J connectivity index is 1.83. The average molecular weight is 306 g/mol. The Kier molecular flexibility index (Phi) is 5.13. The van der Waals surface area contributed by atoms with Crippen LogP contribution >= 0.6 is 0 Å². The molecule has 0 saturated carbocycles. The fourth-order valence-electron chi connectivity index (χ4n) is 1.80. The summed E-state index contributed by atoms with van der Waals surface area (Å²) in [4.78, 5) is 9.89. The van der Waals surface area contributed by atoms with E-state index in [1.54, 1.807) is 31.4 Å². The van der Waals surface area contributed by atoms with E-state index >= 15 is 0 Å². The van der Waals surface area contributed by atoms with Gasteiger partial charge in [0.15, 0.2) is 0 Å². The molecule has 2 aromatic rings. The highest BCUT2D eigenvalue weighted by atomic mass is 19.1. The van der Waals surface area contributed by atoms with Crippen molar-refractivity contribution in [2.45, 2.75) is 0 Å². The molecule has 0 heterocycles.